The molecule has 5 fully saturated rings. The van der Waals surface area contributed by atoms with Crippen molar-refractivity contribution in [3.63, 3.8) is 0 Å². The fraction of sp³-hybridized carbons (Fsp3) is 0.308. The maximum atomic E-state index is 6.60. The Morgan fingerprint density at radius 2 is 1.13 bits per heavy atom. The zero-order valence-electron chi connectivity index (χ0n) is 30.9. The zero-order valence-corrected chi connectivity index (χ0v) is 30.9. The van der Waals surface area contributed by atoms with Crippen LogP contribution >= 0.6 is 0 Å². The maximum Gasteiger partial charge on any atom is 0.137 e. The normalized spacial score (nSPS) is 26.4. The van der Waals surface area contributed by atoms with E-state index >= 15 is 0 Å². The van der Waals surface area contributed by atoms with E-state index < -0.39 is 0 Å². The summed E-state index contributed by atoms with van der Waals surface area (Å²) in [4.78, 5) is 2.61. The molecule has 0 unspecified atom stereocenters. The Bertz CT molecular complexity index is 2660. The summed E-state index contributed by atoms with van der Waals surface area (Å²) in [6.07, 6.45) is 13.4. The largest absolute Gasteiger partial charge is 0.456 e. The third-order valence-corrected chi connectivity index (χ3v) is 15.6. The molecule has 7 aromatic rings. The molecule has 0 N–H and O–H groups in total. The molecule has 4 bridgehead atoms. The highest BCUT2D eigenvalue weighted by molar-refractivity contribution is 6.06. The summed E-state index contributed by atoms with van der Waals surface area (Å²) in [6, 6.07) is 49.2. The zero-order chi connectivity index (χ0) is 35.2. The van der Waals surface area contributed by atoms with Crippen molar-refractivity contribution in [1.82, 2.24) is 0 Å². The number of para-hydroxylation sites is 1. The van der Waals surface area contributed by atoms with Gasteiger partial charge in [-0.2, -0.15) is 0 Å². The van der Waals surface area contributed by atoms with E-state index in [1.54, 1.807) is 11.1 Å². The predicted molar refractivity (Wildman–Crippen MR) is 221 cm³/mol. The first kappa shape index (κ1) is 30.3. The van der Waals surface area contributed by atoms with Crippen LogP contribution in [0.25, 0.3) is 44.2 Å². The van der Waals surface area contributed by atoms with Crippen LogP contribution in [0.5, 0.6) is 0 Å². The van der Waals surface area contributed by atoms with Gasteiger partial charge in [0.1, 0.15) is 11.2 Å². The van der Waals surface area contributed by atoms with Crippen LogP contribution < -0.4 is 4.90 Å². The van der Waals surface area contributed by atoms with Gasteiger partial charge in [-0.15, -0.1) is 0 Å². The van der Waals surface area contributed by atoms with Crippen LogP contribution in [0.3, 0.4) is 0 Å². The second-order valence-electron chi connectivity index (χ2n) is 18.0. The molecule has 6 aromatic carbocycles. The van der Waals surface area contributed by atoms with Crippen LogP contribution in [-0.2, 0) is 10.8 Å². The van der Waals surface area contributed by atoms with E-state index in [4.69, 9.17) is 4.42 Å². The Labute approximate surface area is 317 Å². The van der Waals surface area contributed by atoms with Crippen LogP contribution in [0.2, 0.25) is 0 Å². The van der Waals surface area contributed by atoms with Crippen LogP contribution in [0, 0.1) is 23.7 Å². The first-order valence-corrected chi connectivity index (χ1v) is 20.9. The topological polar surface area (TPSA) is 16.4 Å². The third-order valence-electron chi connectivity index (χ3n) is 15.6. The molecule has 54 heavy (non-hydrogen) atoms. The lowest BCUT2D eigenvalue weighted by atomic mass is 9.43. The molecule has 0 saturated heterocycles. The Balaban J connectivity index is 1.07. The molecule has 0 atom stereocenters. The smallest absolute Gasteiger partial charge is 0.137 e. The average Bonchev–Trinajstić information content (AvgIpc) is 3.82. The van der Waals surface area contributed by atoms with Gasteiger partial charge in [-0.05, 0) is 144 Å². The van der Waals surface area contributed by atoms with Crippen LogP contribution in [0.15, 0.2) is 132 Å². The molecule has 264 valence electrons. The molecule has 2 heteroatoms. The van der Waals surface area contributed by atoms with Gasteiger partial charge < -0.3 is 9.32 Å². The molecular weight excluding hydrogens is 655 g/mol. The minimum absolute atomic E-state index is 0.0958. The van der Waals surface area contributed by atoms with Crippen LogP contribution in [0.1, 0.15) is 86.5 Å². The van der Waals surface area contributed by atoms with Crippen LogP contribution in [0.4, 0.5) is 17.1 Å². The Hall–Kier alpha value is -5.08. The van der Waals surface area contributed by atoms with Crippen molar-refractivity contribution in [1.29, 1.82) is 0 Å². The molecule has 0 aliphatic heterocycles. The van der Waals surface area contributed by atoms with Crippen molar-refractivity contribution >= 4 is 39.0 Å². The molecule has 0 radical (unpaired) electrons. The van der Waals surface area contributed by atoms with Crippen molar-refractivity contribution in [2.45, 2.75) is 75.0 Å². The summed E-state index contributed by atoms with van der Waals surface area (Å²) in [5.74, 6) is 3.30. The van der Waals surface area contributed by atoms with Crippen LogP contribution in [-0.4, -0.2) is 0 Å². The summed E-state index contributed by atoms with van der Waals surface area (Å²) >= 11 is 0. The van der Waals surface area contributed by atoms with Crippen molar-refractivity contribution in [3.8, 4) is 22.3 Å². The van der Waals surface area contributed by atoms with Crippen molar-refractivity contribution in [2.75, 3.05) is 4.90 Å². The number of hydrogen-bond donors (Lipinski definition) is 0. The molecule has 0 amide bonds. The second-order valence-corrected chi connectivity index (χ2v) is 18.0. The fourth-order valence-corrected chi connectivity index (χ4v) is 13.9. The fourth-order valence-electron chi connectivity index (χ4n) is 13.9. The molecular formula is C52H45NO. The van der Waals surface area contributed by atoms with Gasteiger partial charge >= 0.3 is 0 Å². The van der Waals surface area contributed by atoms with Gasteiger partial charge in [-0.25, -0.2) is 0 Å². The summed E-state index contributed by atoms with van der Waals surface area (Å²) in [5.41, 5.74) is 17.9. The maximum absolute atomic E-state index is 6.60. The second kappa shape index (κ2) is 10.8. The van der Waals surface area contributed by atoms with Gasteiger partial charge in [-0.3, -0.25) is 0 Å². The average molecular weight is 700 g/mol. The molecule has 1 aromatic heterocycles. The SMILES string of the molecule is c1ccc2c(c1)-c1c(N(c3ccc4c(c3)C3(c5ccccc5-4)C4CC5CC(C4)CC3C5)c3ccc4c(c3)oc3ccccc34)cccc1C21CCCCC1. The highest BCUT2D eigenvalue weighted by atomic mass is 16.3. The molecule has 2 spiro atoms. The summed E-state index contributed by atoms with van der Waals surface area (Å²) in [7, 11) is 0. The van der Waals surface area contributed by atoms with E-state index in [1.807, 2.05) is 0 Å². The van der Waals surface area contributed by atoms with Crippen molar-refractivity contribution < 1.29 is 4.42 Å². The van der Waals surface area contributed by atoms with Gasteiger partial charge in [0.15, 0.2) is 0 Å². The highest BCUT2D eigenvalue weighted by Crippen LogP contribution is 2.70. The molecule has 14 rings (SSSR count). The molecule has 7 aliphatic carbocycles. The molecule has 1 heterocycles. The standard InChI is InChI=1S/C52H45NO/c1-8-23-51(24-9-1)43-14-5-3-13-42(43)50-45(51)16-10-17-47(50)53(37-20-22-41-40-12-4-7-18-48(40)54-49(41)31-37)36-19-21-39-38-11-2-6-15-44(38)52(46(39)30-36)34-26-32-25-33(28-34)29-35(52)27-32/h2-7,10-22,30-35H,1,8-9,23-29H2. The Kier molecular flexibility index (Phi) is 6.04. The lowest BCUT2D eigenvalue weighted by Gasteiger charge is -2.61. The number of furan rings is 1. The minimum atomic E-state index is 0.0958. The van der Waals surface area contributed by atoms with E-state index in [-0.39, 0.29) is 10.8 Å². The summed E-state index contributed by atoms with van der Waals surface area (Å²) in [5, 5.41) is 2.36. The molecule has 7 aliphatic rings. The lowest BCUT2D eigenvalue weighted by molar-refractivity contribution is -0.0399. The first-order valence-electron chi connectivity index (χ1n) is 20.9. The highest BCUT2D eigenvalue weighted by Gasteiger charge is 2.61. The van der Waals surface area contributed by atoms with Gasteiger partial charge in [0.2, 0.25) is 0 Å². The van der Waals surface area contributed by atoms with Crippen molar-refractivity contribution in [2.24, 2.45) is 23.7 Å². The van der Waals surface area contributed by atoms with Crippen molar-refractivity contribution in [3.05, 3.63) is 150 Å². The first-order chi connectivity index (χ1) is 26.7. The van der Waals surface area contributed by atoms with Gasteiger partial charge in [0, 0.05) is 44.6 Å². The lowest BCUT2D eigenvalue weighted by Crippen LogP contribution is -2.55. The van der Waals surface area contributed by atoms with E-state index in [0.29, 0.717) is 0 Å². The van der Waals surface area contributed by atoms with E-state index in [0.717, 1.165) is 40.5 Å². The summed E-state index contributed by atoms with van der Waals surface area (Å²) < 4.78 is 6.60. The number of anilines is 3. The summed E-state index contributed by atoms with van der Waals surface area (Å²) in [6.45, 7) is 0. The quantitative estimate of drug-likeness (QED) is 0.183. The Morgan fingerprint density at radius 3 is 1.96 bits per heavy atom. The van der Waals surface area contributed by atoms with E-state index in [9.17, 15) is 0 Å². The van der Waals surface area contributed by atoms with Gasteiger partial charge in [0.05, 0.1) is 5.69 Å². The van der Waals surface area contributed by atoms with Gasteiger partial charge in [0.25, 0.3) is 0 Å². The molecule has 5 saturated carbocycles. The number of fused-ring (bicyclic) bond motifs is 11. The predicted octanol–water partition coefficient (Wildman–Crippen LogP) is 14.0. The number of benzene rings is 6. The Morgan fingerprint density at radius 1 is 0.481 bits per heavy atom. The number of rotatable bonds is 3. The minimum Gasteiger partial charge on any atom is -0.456 e. The van der Waals surface area contributed by atoms with Gasteiger partial charge in [-0.1, -0.05) is 104 Å². The molecule has 2 nitrogen and oxygen atoms in total. The third kappa shape index (κ3) is 3.77. The number of hydrogen-bond acceptors (Lipinski definition) is 2. The van der Waals surface area contributed by atoms with E-state index in [2.05, 4.69) is 132 Å². The number of nitrogens with zero attached hydrogens (tertiary/aromatic N) is 1. The van der Waals surface area contributed by atoms with E-state index in [1.165, 1.54) is 120 Å². The monoisotopic (exact) mass is 699 g/mol.